The summed E-state index contributed by atoms with van der Waals surface area (Å²) in [6.07, 6.45) is 0.825. The second kappa shape index (κ2) is 5.73. The van der Waals surface area contributed by atoms with Gasteiger partial charge in [0.25, 0.3) is 10.0 Å². The van der Waals surface area contributed by atoms with Gasteiger partial charge in [0.05, 0.1) is 6.61 Å². The van der Waals surface area contributed by atoms with Gasteiger partial charge in [-0.1, -0.05) is 19.1 Å². The van der Waals surface area contributed by atoms with Crippen LogP contribution in [-0.2, 0) is 23.1 Å². The van der Waals surface area contributed by atoms with Crippen molar-refractivity contribution >= 4 is 27.0 Å². The van der Waals surface area contributed by atoms with Crippen molar-refractivity contribution < 1.29 is 13.5 Å². The molecule has 19 heavy (non-hydrogen) atoms. The van der Waals surface area contributed by atoms with Crippen LogP contribution in [0.2, 0.25) is 0 Å². The van der Waals surface area contributed by atoms with Crippen molar-refractivity contribution in [3.05, 3.63) is 46.8 Å². The lowest BCUT2D eigenvalue weighted by Crippen LogP contribution is -2.11. The van der Waals surface area contributed by atoms with E-state index in [-0.39, 0.29) is 6.61 Å². The number of aliphatic hydroxyl groups excluding tert-OH is 1. The maximum absolute atomic E-state index is 12.1. The van der Waals surface area contributed by atoms with Crippen molar-refractivity contribution in [2.24, 2.45) is 0 Å². The molecule has 102 valence electrons. The van der Waals surface area contributed by atoms with Gasteiger partial charge in [-0.05, 0) is 36.2 Å². The number of hydrogen-bond donors (Lipinski definition) is 2. The molecule has 1 aromatic carbocycles. The fourth-order valence-electron chi connectivity index (χ4n) is 1.58. The molecule has 0 fully saturated rings. The van der Waals surface area contributed by atoms with Crippen LogP contribution in [0.3, 0.4) is 0 Å². The maximum atomic E-state index is 12.1. The van der Waals surface area contributed by atoms with Crippen LogP contribution in [0, 0.1) is 0 Å². The van der Waals surface area contributed by atoms with Gasteiger partial charge in [-0.2, -0.15) is 0 Å². The topological polar surface area (TPSA) is 66.4 Å². The molecule has 0 radical (unpaired) electrons. The van der Waals surface area contributed by atoms with Gasteiger partial charge in [-0.15, -0.1) is 11.3 Å². The average Bonchev–Trinajstić information content (AvgIpc) is 2.89. The van der Waals surface area contributed by atoms with Crippen molar-refractivity contribution in [3.8, 4) is 0 Å². The molecule has 1 aromatic heterocycles. The van der Waals surface area contributed by atoms with Gasteiger partial charge in [-0.25, -0.2) is 8.42 Å². The predicted molar refractivity (Wildman–Crippen MR) is 76.9 cm³/mol. The van der Waals surface area contributed by atoms with Crippen molar-refractivity contribution in [2.45, 2.75) is 24.2 Å². The lowest BCUT2D eigenvalue weighted by Gasteiger charge is -2.06. The average molecular weight is 297 g/mol. The van der Waals surface area contributed by atoms with Crippen molar-refractivity contribution in [3.63, 3.8) is 0 Å². The minimum atomic E-state index is -3.52. The third kappa shape index (κ3) is 3.34. The first-order chi connectivity index (χ1) is 9.05. The molecule has 6 heteroatoms. The number of anilines is 1. The normalized spacial score (nSPS) is 11.5. The number of hydrogen-bond acceptors (Lipinski definition) is 4. The second-order valence-corrected chi connectivity index (χ2v) is 7.11. The van der Waals surface area contributed by atoms with E-state index < -0.39 is 10.0 Å². The summed E-state index contributed by atoms with van der Waals surface area (Å²) in [4.78, 5) is 1.04. The van der Waals surface area contributed by atoms with E-state index in [0.29, 0.717) is 9.90 Å². The summed E-state index contributed by atoms with van der Waals surface area (Å²) in [5.41, 5.74) is 1.23. The predicted octanol–water partition coefficient (Wildman–Crippen LogP) is 2.60. The van der Waals surface area contributed by atoms with Crippen LogP contribution in [-0.4, -0.2) is 13.5 Å². The summed E-state index contributed by atoms with van der Waals surface area (Å²) in [6.45, 7) is 1.93. The molecule has 0 unspecified atom stereocenters. The molecular formula is C13H15NO3S2. The summed E-state index contributed by atoms with van der Waals surface area (Å²) in [5.74, 6) is 0. The van der Waals surface area contributed by atoms with E-state index in [9.17, 15) is 8.42 Å². The Kier molecular flexibility index (Phi) is 4.24. The highest BCUT2D eigenvalue weighted by Gasteiger charge is 2.16. The summed E-state index contributed by atoms with van der Waals surface area (Å²) in [5, 5.41) is 8.93. The quantitative estimate of drug-likeness (QED) is 0.891. The molecule has 0 saturated heterocycles. The van der Waals surface area contributed by atoms with Crippen LogP contribution in [0.1, 0.15) is 17.4 Å². The van der Waals surface area contributed by atoms with Crippen molar-refractivity contribution in [1.29, 1.82) is 0 Å². The molecule has 2 N–H and O–H groups in total. The number of rotatable bonds is 5. The van der Waals surface area contributed by atoms with Crippen LogP contribution >= 0.6 is 11.3 Å². The molecular weight excluding hydrogens is 282 g/mol. The summed E-state index contributed by atoms with van der Waals surface area (Å²) >= 11 is 1.28. The van der Waals surface area contributed by atoms with Gasteiger partial charge in [-0.3, -0.25) is 4.72 Å². The van der Waals surface area contributed by atoms with Crippen LogP contribution in [0.15, 0.2) is 40.6 Å². The standard InChI is InChI=1S/C13H15NO3S2/c1-2-12-7-8-13(18-12)19(16,17)14-11-5-3-10(9-15)4-6-11/h3-8,14-15H,2,9H2,1H3. The molecule has 0 aliphatic rings. The first kappa shape index (κ1) is 14.0. The molecule has 1 heterocycles. The molecule has 0 amide bonds. The van der Waals surface area contributed by atoms with E-state index in [4.69, 9.17) is 5.11 Å². The molecule has 0 aliphatic carbocycles. The third-order valence-electron chi connectivity index (χ3n) is 2.64. The maximum Gasteiger partial charge on any atom is 0.271 e. The molecule has 0 aliphatic heterocycles. The summed E-state index contributed by atoms with van der Waals surface area (Å²) in [6, 6.07) is 10.1. The van der Waals surface area contributed by atoms with E-state index in [1.165, 1.54) is 11.3 Å². The molecule has 0 spiro atoms. The van der Waals surface area contributed by atoms with E-state index in [1.807, 2.05) is 13.0 Å². The number of aryl methyl sites for hydroxylation is 1. The van der Waals surface area contributed by atoms with E-state index in [2.05, 4.69) is 4.72 Å². The zero-order valence-corrected chi connectivity index (χ0v) is 12.1. The largest absolute Gasteiger partial charge is 0.392 e. The molecule has 0 atom stereocenters. The van der Waals surface area contributed by atoms with Crippen LogP contribution in [0.25, 0.3) is 0 Å². The molecule has 0 saturated carbocycles. The highest BCUT2D eigenvalue weighted by molar-refractivity contribution is 7.94. The van der Waals surface area contributed by atoms with Gasteiger partial charge < -0.3 is 5.11 Å². The summed E-state index contributed by atoms with van der Waals surface area (Å²) in [7, 11) is -3.52. The van der Waals surface area contributed by atoms with Crippen molar-refractivity contribution in [1.82, 2.24) is 0 Å². The van der Waals surface area contributed by atoms with E-state index >= 15 is 0 Å². The Balaban J connectivity index is 2.20. The Labute approximate surface area is 116 Å². The minimum absolute atomic E-state index is 0.0577. The first-order valence-electron chi connectivity index (χ1n) is 5.86. The highest BCUT2D eigenvalue weighted by Crippen LogP contribution is 2.24. The smallest absolute Gasteiger partial charge is 0.271 e. The van der Waals surface area contributed by atoms with Crippen LogP contribution < -0.4 is 4.72 Å². The number of thiophene rings is 1. The zero-order chi connectivity index (χ0) is 13.9. The fraction of sp³-hybridized carbons (Fsp3) is 0.231. The molecule has 2 aromatic rings. The molecule has 0 bridgehead atoms. The number of aliphatic hydroxyl groups is 1. The lowest BCUT2D eigenvalue weighted by atomic mass is 10.2. The Hall–Kier alpha value is -1.37. The minimum Gasteiger partial charge on any atom is -0.392 e. The second-order valence-electron chi connectivity index (χ2n) is 4.03. The monoisotopic (exact) mass is 297 g/mol. The van der Waals surface area contributed by atoms with Crippen molar-refractivity contribution in [2.75, 3.05) is 4.72 Å². The number of sulfonamides is 1. The Morgan fingerprint density at radius 3 is 2.37 bits per heavy atom. The third-order valence-corrected chi connectivity index (χ3v) is 5.74. The molecule has 4 nitrogen and oxygen atoms in total. The summed E-state index contributed by atoms with van der Waals surface area (Å²) < 4.78 is 27.1. The van der Waals surface area contributed by atoms with Gasteiger partial charge in [0.15, 0.2) is 0 Å². The van der Waals surface area contributed by atoms with Gasteiger partial charge in [0, 0.05) is 10.6 Å². The Morgan fingerprint density at radius 2 is 1.84 bits per heavy atom. The molecule has 2 rings (SSSR count). The number of nitrogens with one attached hydrogen (secondary N) is 1. The Bertz CT molecular complexity index is 645. The fourth-order valence-corrected chi connectivity index (χ4v) is 3.93. The number of benzene rings is 1. The van der Waals surface area contributed by atoms with E-state index in [1.54, 1.807) is 30.3 Å². The van der Waals surface area contributed by atoms with Crippen LogP contribution in [0.4, 0.5) is 5.69 Å². The van der Waals surface area contributed by atoms with Gasteiger partial charge in [0.2, 0.25) is 0 Å². The Morgan fingerprint density at radius 1 is 1.16 bits per heavy atom. The van der Waals surface area contributed by atoms with E-state index in [0.717, 1.165) is 16.9 Å². The SMILES string of the molecule is CCc1ccc(S(=O)(=O)Nc2ccc(CO)cc2)s1. The lowest BCUT2D eigenvalue weighted by molar-refractivity contribution is 0.282. The van der Waals surface area contributed by atoms with Gasteiger partial charge in [0.1, 0.15) is 4.21 Å². The zero-order valence-electron chi connectivity index (χ0n) is 10.5. The van der Waals surface area contributed by atoms with Crippen LogP contribution in [0.5, 0.6) is 0 Å². The van der Waals surface area contributed by atoms with Gasteiger partial charge >= 0.3 is 0 Å². The highest BCUT2D eigenvalue weighted by atomic mass is 32.2. The first-order valence-corrected chi connectivity index (χ1v) is 8.16.